The highest BCUT2D eigenvalue weighted by molar-refractivity contribution is 7.86. The van der Waals surface area contributed by atoms with Crippen LogP contribution < -0.4 is 0 Å². The number of hydrogen-bond acceptors (Lipinski definition) is 8. The molecule has 4 unspecified atom stereocenters. The van der Waals surface area contributed by atoms with Gasteiger partial charge in [-0.15, -0.1) is 0 Å². The number of aliphatic hydroxyl groups excluding tert-OH is 2. The molecule has 1 heterocycles. The molecule has 2 aromatic rings. The van der Waals surface area contributed by atoms with Crippen molar-refractivity contribution in [2.45, 2.75) is 37.1 Å². The van der Waals surface area contributed by atoms with Crippen LogP contribution in [0.4, 0.5) is 0 Å². The highest BCUT2D eigenvalue weighted by Gasteiger charge is 2.48. The zero-order valence-electron chi connectivity index (χ0n) is 19.6. The van der Waals surface area contributed by atoms with E-state index >= 15 is 0 Å². The minimum atomic E-state index is -4.57. The number of ether oxygens (including phenoxy) is 2. The SMILES string of the molecule is COC(=O)C(Cc1ccccc1)N1CC(O)C(O)CN(C(Cc2ccccc2)C(=O)OC)S1(=O)=O. The van der Waals surface area contributed by atoms with Crippen LogP contribution in [0.5, 0.6) is 0 Å². The van der Waals surface area contributed by atoms with E-state index in [-0.39, 0.29) is 12.8 Å². The monoisotopic (exact) mass is 506 g/mol. The highest BCUT2D eigenvalue weighted by atomic mass is 32.2. The zero-order valence-corrected chi connectivity index (χ0v) is 20.4. The first-order valence-electron chi connectivity index (χ1n) is 11.1. The maximum absolute atomic E-state index is 13.9. The van der Waals surface area contributed by atoms with Crippen LogP contribution in [0.1, 0.15) is 11.1 Å². The quantitative estimate of drug-likeness (QED) is 0.483. The zero-order chi connectivity index (χ0) is 25.6. The number of aliphatic hydroxyl groups is 2. The molecule has 10 nitrogen and oxygen atoms in total. The summed E-state index contributed by atoms with van der Waals surface area (Å²) < 4.78 is 39.3. The van der Waals surface area contributed by atoms with Gasteiger partial charge in [-0.3, -0.25) is 9.59 Å². The number of benzene rings is 2. The Morgan fingerprint density at radius 3 is 1.46 bits per heavy atom. The van der Waals surface area contributed by atoms with E-state index in [1.54, 1.807) is 60.7 Å². The van der Waals surface area contributed by atoms with E-state index < -0.39 is 59.5 Å². The Morgan fingerprint density at radius 2 is 1.14 bits per heavy atom. The molecule has 2 aromatic carbocycles. The Labute approximate surface area is 204 Å². The number of carbonyl (C=O) groups is 2. The predicted octanol–water partition coefficient (Wildman–Crippen LogP) is 0.139. The number of nitrogens with zero attached hydrogens (tertiary/aromatic N) is 2. The lowest BCUT2D eigenvalue weighted by molar-refractivity contribution is -0.146. The molecular weight excluding hydrogens is 476 g/mol. The molecule has 2 N–H and O–H groups in total. The Hall–Kier alpha value is -2.83. The topological polar surface area (TPSA) is 134 Å². The average molecular weight is 507 g/mol. The summed E-state index contributed by atoms with van der Waals surface area (Å²) in [6.07, 6.45) is -3.09. The largest absolute Gasteiger partial charge is 0.468 e. The fourth-order valence-electron chi connectivity index (χ4n) is 4.06. The van der Waals surface area contributed by atoms with Gasteiger partial charge >= 0.3 is 11.9 Å². The van der Waals surface area contributed by atoms with Gasteiger partial charge in [0.15, 0.2) is 0 Å². The van der Waals surface area contributed by atoms with E-state index in [2.05, 4.69) is 0 Å². The molecule has 3 rings (SSSR count). The summed E-state index contributed by atoms with van der Waals surface area (Å²) >= 11 is 0. The van der Waals surface area contributed by atoms with Crippen molar-refractivity contribution in [3.8, 4) is 0 Å². The van der Waals surface area contributed by atoms with Crippen LogP contribution in [0.25, 0.3) is 0 Å². The summed E-state index contributed by atoms with van der Waals surface area (Å²) in [5.74, 6) is -1.67. The van der Waals surface area contributed by atoms with Crippen molar-refractivity contribution in [2.75, 3.05) is 27.3 Å². The van der Waals surface area contributed by atoms with E-state index in [1.165, 1.54) is 0 Å². The van der Waals surface area contributed by atoms with Crippen LogP contribution in [0.3, 0.4) is 0 Å². The van der Waals surface area contributed by atoms with E-state index in [1.807, 2.05) is 0 Å². The summed E-state index contributed by atoms with van der Waals surface area (Å²) in [6.45, 7) is -1.13. The first-order valence-corrected chi connectivity index (χ1v) is 12.5. The van der Waals surface area contributed by atoms with E-state index in [0.717, 1.165) is 22.8 Å². The Kier molecular flexibility index (Phi) is 8.98. The molecule has 0 saturated carbocycles. The fraction of sp³-hybridized carbons (Fsp3) is 0.417. The molecule has 1 aliphatic heterocycles. The van der Waals surface area contributed by atoms with Gasteiger partial charge in [0, 0.05) is 13.1 Å². The lowest BCUT2D eigenvalue weighted by Crippen LogP contribution is -2.56. The molecule has 11 heteroatoms. The van der Waals surface area contributed by atoms with Gasteiger partial charge < -0.3 is 19.7 Å². The van der Waals surface area contributed by atoms with E-state index in [4.69, 9.17) is 9.47 Å². The van der Waals surface area contributed by atoms with Crippen molar-refractivity contribution in [1.29, 1.82) is 0 Å². The summed E-state index contributed by atoms with van der Waals surface area (Å²) in [5.41, 5.74) is 1.33. The lowest BCUT2D eigenvalue weighted by atomic mass is 10.0. The van der Waals surface area contributed by atoms with Crippen molar-refractivity contribution in [3.63, 3.8) is 0 Å². The number of hydrogen-bond donors (Lipinski definition) is 2. The van der Waals surface area contributed by atoms with Gasteiger partial charge in [0.05, 0.1) is 26.4 Å². The molecule has 0 aromatic heterocycles. The molecule has 35 heavy (non-hydrogen) atoms. The minimum absolute atomic E-state index is 0.0367. The van der Waals surface area contributed by atoms with Crippen LogP contribution >= 0.6 is 0 Å². The van der Waals surface area contributed by atoms with Crippen LogP contribution in [-0.2, 0) is 42.1 Å². The molecular formula is C24H30N2O8S. The summed E-state index contributed by atoms with van der Waals surface area (Å²) in [6, 6.07) is 14.8. The van der Waals surface area contributed by atoms with E-state index in [9.17, 15) is 28.2 Å². The second-order valence-corrected chi connectivity index (χ2v) is 10.1. The number of rotatable bonds is 8. The molecule has 0 amide bonds. The fourth-order valence-corrected chi connectivity index (χ4v) is 5.98. The van der Waals surface area contributed by atoms with Gasteiger partial charge in [-0.2, -0.15) is 17.0 Å². The third-order valence-electron chi connectivity index (χ3n) is 5.96. The summed E-state index contributed by atoms with van der Waals surface area (Å²) in [5, 5.41) is 21.1. The Balaban J connectivity index is 2.07. The number of β-amino-alcohol motifs (C(OH)–C–C–N with tert-alkyl or cyclic N) is 2. The standard InChI is InChI=1S/C24H30N2O8S/c1-33-23(29)19(13-17-9-5-3-6-10-17)25-15-21(27)22(28)16-26(35(25,31)32)20(24(30)34-2)14-18-11-7-4-8-12-18/h3-12,19-22,27-28H,13-16H2,1-2H3. The first-order chi connectivity index (χ1) is 16.7. The smallest absolute Gasteiger partial charge is 0.324 e. The molecule has 1 aliphatic rings. The van der Waals surface area contributed by atoms with E-state index in [0.29, 0.717) is 11.1 Å². The van der Waals surface area contributed by atoms with Crippen LogP contribution in [0.2, 0.25) is 0 Å². The van der Waals surface area contributed by atoms with Gasteiger partial charge in [0.1, 0.15) is 12.1 Å². The molecule has 0 bridgehead atoms. The van der Waals surface area contributed by atoms with Crippen molar-refractivity contribution in [1.82, 2.24) is 8.61 Å². The summed E-state index contributed by atoms with van der Waals surface area (Å²) in [7, 11) is -2.29. The van der Waals surface area contributed by atoms with Crippen molar-refractivity contribution < 1.29 is 37.7 Å². The normalized spacial score (nSPS) is 22.5. The second kappa shape index (κ2) is 11.7. The molecule has 0 radical (unpaired) electrons. The number of methoxy groups -OCH3 is 2. The van der Waals surface area contributed by atoms with Gasteiger partial charge in [0.25, 0.3) is 10.2 Å². The van der Waals surface area contributed by atoms with Gasteiger partial charge in [0.2, 0.25) is 0 Å². The first kappa shape index (κ1) is 26.8. The Bertz CT molecular complexity index is 1020. The maximum atomic E-state index is 13.9. The van der Waals surface area contributed by atoms with Gasteiger partial charge in [-0.1, -0.05) is 60.7 Å². The number of esters is 2. The molecule has 1 saturated heterocycles. The number of carbonyl (C=O) groups excluding carboxylic acids is 2. The van der Waals surface area contributed by atoms with Crippen molar-refractivity contribution in [2.24, 2.45) is 0 Å². The van der Waals surface area contributed by atoms with Crippen LogP contribution in [0.15, 0.2) is 60.7 Å². The third kappa shape index (κ3) is 6.24. The summed E-state index contributed by atoms with van der Waals surface area (Å²) in [4.78, 5) is 25.6. The minimum Gasteiger partial charge on any atom is -0.468 e. The van der Waals surface area contributed by atoms with Crippen molar-refractivity contribution in [3.05, 3.63) is 71.8 Å². The van der Waals surface area contributed by atoms with Crippen LogP contribution in [0, 0.1) is 0 Å². The molecule has 1 fully saturated rings. The predicted molar refractivity (Wildman–Crippen MR) is 126 cm³/mol. The maximum Gasteiger partial charge on any atom is 0.324 e. The second-order valence-electron chi connectivity index (χ2n) is 8.24. The van der Waals surface area contributed by atoms with Gasteiger partial charge in [-0.25, -0.2) is 0 Å². The molecule has 190 valence electrons. The Morgan fingerprint density at radius 1 is 0.800 bits per heavy atom. The highest BCUT2D eigenvalue weighted by Crippen LogP contribution is 2.26. The lowest BCUT2D eigenvalue weighted by Gasteiger charge is -2.34. The molecule has 0 aliphatic carbocycles. The average Bonchev–Trinajstić information content (AvgIpc) is 2.95. The van der Waals surface area contributed by atoms with Gasteiger partial charge in [-0.05, 0) is 24.0 Å². The van der Waals surface area contributed by atoms with Crippen LogP contribution in [-0.4, -0.2) is 90.8 Å². The third-order valence-corrected chi connectivity index (χ3v) is 7.95. The molecule has 4 atom stereocenters. The van der Waals surface area contributed by atoms with Crippen molar-refractivity contribution >= 4 is 22.1 Å². The molecule has 0 spiro atoms.